The van der Waals surface area contributed by atoms with Crippen LogP contribution in [0.4, 0.5) is 13.2 Å². The summed E-state index contributed by atoms with van der Waals surface area (Å²) >= 11 is 0. The zero-order valence-corrected chi connectivity index (χ0v) is 16.5. The van der Waals surface area contributed by atoms with E-state index in [2.05, 4.69) is 4.98 Å². The van der Waals surface area contributed by atoms with Crippen molar-refractivity contribution < 1.29 is 41.0 Å². The summed E-state index contributed by atoms with van der Waals surface area (Å²) in [4.78, 5) is 13.0. The van der Waals surface area contributed by atoms with E-state index in [0.29, 0.717) is 19.8 Å². The van der Waals surface area contributed by atoms with E-state index >= 15 is 0 Å². The number of ether oxygens (including phenoxy) is 2. The van der Waals surface area contributed by atoms with Crippen LogP contribution in [0.15, 0.2) is 24.5 Å². The standard InChI is InChI=1S/C15H22N2O4S.C2HF3O2/c1-2-22(18,19)17-8-9-20-15-13(17)5-6-14(15)21-11-12-4-3-7-16-10-12;3-2(4,5)1(6)7/h3-4,7,10,13-15H,2,5-6,8-9,11H2,1H3;(H,6,7)/t13-,14+,15+;/m0./s1. The third-order valence-electron chi connectivity index (χ3n) is 4.64. The highest BCUT2D eigenvalue weighted by atomic mass is 32.2. The fraction of sp³-hybridized carbons (Fsp3) is 0.647. The molecule has 0 radical (unpaired) electrons. The van der Waals surface area contributed by atoms with Gasteiger partial charge in [0.15, 0.2) is 0 Å². The lowest BCUT2D eigenvalue weighted by Crippen LogP contribution is -2.54. The van der Waals surface area contributed by atoms with E-state index in [9.17, 15) is 21.6 Å². The van der Waals surface area contributed by atoms with Crippen LogP contribution >= 0.6 is 0 Å². The van der Waals surface area contributed by atoms with Gasteiger partial charge in [0.1, 0.15) is 6.10 Å². The summed E-state index contributed by atoms with van der Waals surface area (Å²) in [6.45, 7) is 3.05. The molecule has 0 spiro atoms. The Bertz CT molecular complexity index is 775. The molecule has 29 heavy (non-hydrogen) atoms. The Balaban J connectivity index is 0.000000370. The molecule has 12 heteroatoms. The van der Waals surface area contributed by atoms with E-state index in [4.69, 9.17) is 19.4 Å². The minimum Gasteiger partial charge on any atom is -0.475 e. The lowest BCUT2D eigenvalue weighted by Gasteiger charge is -2.37. The molecule has 2 heterocycles. The van der Waals surface area contributed by atoms with Crippen LogP contribution in [0.25, 0.3) is 0 Å². The van der Waals surface area contributed by atoms with E-state index < -0.39 is 22.2 Å². The van der Waals surface area contributed by atoms with Gasteiger partial charge < -0.3 is 14.6 Å². The number of fused-ring (bicyclic) bond motifs is 1. The summed E-state index contributed by atoms with van der Waals surface area (Å²) in [5, 5.41) is 7.12. The molecule has 1 aromatic heterocycles. The molecule has 0 unspecified atom stereocenters. The van der Waals surface area contributed by atoms with E-state index in [1.807, 2.05) is 12.1 Å². The Morgan fingerprint density at radius 2 is 2.10 bits per heavy atom. The Kier molecular flexibility index (Phi) is 7.97. The number of carboxylic acid groups (broad SMARTS) is 1. The Hall–Kier alpha value is -1.76. The van der Waals surface area contributed by atoms with Crippen molar-refractivity contribution in [2.45, 2.75) is 50.8 Å². The van der Waals surface area contributed by atoms with Crippen LogP contribution in [0.3, 0.4) is 0 Å². The van der Waals surface area contributed by atoms with Crippen LogP contribution in [0.1, 0.15) is 25.3 Å². The SMILES string of the molecule is CCS(=O)(=O)N1CCO[C@H]2[C@H](OCc3cccnc3)CC[C@@H]21.O=C(O)C(F)(F)F. The second-order valence-corrected chi connectivity index (χ2v) is 8.72. The molecule has 1 aliphatic heterocycles. The Labute approximate surface area is 166 Å². The Morgan fingerprint density at radius 3 is 2.66 bits per heavy atom. The number of hydrogen-bond donors (Lipinski definition) is 1. The fourth-order valence-corrected chi connectivity index (χ4v) is 4.58. The number of carboxylic acids is 1. The highest BCUT2D eigenvalue weighted by Crippen LogP contribution is 2.34. The largest absolute Gasteiger partial charge is 0.490 e. The number of rotatable bonds is 5. The molecule has 1 saturated heterocycles. The second-order valence-electron chi connectivity index (χ2n) is 6.51. The molecule has 0 amide bonds. The average molecular weight is 440 g/mol. The van der Waals surface area contributed by atoms with E-state index in [1.165, 1.54) is 0 Å². The van der Waals surface area contributed by atoms with Gasteiger partial charge in [0, 0.05) is 18.9 Å². The predicted octanol–water partition coefficient (Wildman–Crippen LogP) is 1.81. The van der Waals surface area contributed by atoms with Crippen molar-refractivity contribution in [3.63, 3.8) is 0 Å². The van der Waals surface area contributed by atoms with Crippen molar-refractivity contribution in [3.05, 3.63) is 30.1 Å². The van der Waals surface area contributed by atoms with E-state index in [1.54, 1.807) is 23.6 Å². The van der Waals surface area contributed by atoms with Gasteiger partial charge in [0.25, 0.3) is 0 Å². The molecule has 164 valence electrons. The van der Waals surface area contributed by atoms with E-state index in [-0.39, 0.29) is 24.0 Å². The summed E-state index contributed by atoms with van der Waals surface area (Å²) in [6.07, 6.45) is -0.172. The molecule has 0 aromatic carbocycles. The number of nitrogens with zero attached hydrogens (tertiary/aromatic N) is 2. The topological polar surface area (TPSA) is 106 Å². The number of pyridine rings is 1. The molecular weight excluding hydrogens is 417 g/mol. The van der Waals surface area contributed by atoms with Crippen LogP contribution in [-0.4, -0.2) is 72.1 Å². The van der Waals surface area contributed by atoms with E-state index in [0.717, 1.165) is 18.4 Å². The van der Waals surface area contributed by atoms with Crippen molar-refractivity contribution in [2.75, 3.05) is 18.9 Å². The van der Waals surface area contributed by atoms with Gasteiger partial charge in [0.2, 0.25) is 10.0 Å². The van der Waals surface area contributed by atoms with Crippen molar-refractivity contribution in [1.29, 1.82) is 0 Å². The number of morpholine rings is 1. The number of hydrogen-bond acceptors (Lipinski definition) is 6. The summed E-state index contributed by atoms with van der Waals surface area (Å²) in [5.41, 5.74) is 1.01. The van der Waals surface area contributed by atoms with Gasteiger partial charge in [-0.1, -0.05) is 6.07 Å². The van der Waals surface area contributed by atoms with Gasteiger partial charge in [-0.3, -0.25) is 4.98 Å². The first-order chi connectivity index (χ1) is 13.6. The first-order valence-corrected chi connectivity index (χ1v) is 10.6. The van der Waals surface area contributed by atoms with Gasteiger partial charge in [-0.25, -0.2) is 13.2 Å². The third-order valence-corrected chi connectivity index (χ3v) is 6.53. The smallest absolute Gasteiger partial charge is 0.475 e. The fourth-order valence-electron chi connectivity index (χ4n) is 3.26. The summed E-state index contributed by atoms with van der Waals surface area (Å²) < 4.78 is 69.6. The number of alkyl halides is 3. The number of aliphatic carboxylic acids is 1. The highest BCUT2D eigenvalue weighted by Gasteiger charge is 2.46. The molecular formula is C17H23F3N2O6S. The minimum absolute atomic E-state index is 0.0555. The van der Waals surface area contributed by atoms with Crippen LogP contribution in [0.5, 0.6) is 0 Å². The molecule has 8 nitrogen and oxygen atoms in total. The van der Waals surface area contributed by atoms with Gasteiger partial charge in [-0.05, 0) is 31.4 Å². The third kappa shape index (κ3) is 6.36. The molecule has 2 fully saturated rings. The number of halogens is 3. The normalized spacial score (nSPS) is 25.0. The van der Waals surface area contributed by atoms with Gasteiger partial charge in [0.05, 0.1) is 31.1 Å². The molecule has 1 N–H and O–H groups in total. The lowest BCUT2D eigenvalue weighted by molar-refractivity contribution is -0.192. The maximum Gasteiger partial charge on any atom is 0.490 e. The van der Waals surface area contributed by atoms with Crippen molar-refractivity contribution >= 4 is 16.0 Å². The van der Waals surface area contributed by atoms with Crippen LogP contribution in [0, 0.1) is 0 Å². The molecule has 2 aliphatic rings. The van der Waals surface area contributed by atoms with Gasteiger partial charge in [-0.2, -0.15) is 17.5 Å². The average Bonchev–Trinajstić information content (AvgIpc) is 3.10. The molecule has 3 atom stereocenters. The maximum atomic E-state index is 12.2. The van der Waals surface area contributed by atoms with Gasteiger partial charge >= 0.3 is 12.1 Å². The molecule has 0 bridgehead atoms. The van der Waals surface area contributed by atoms with Crippen molar-refractivity contribution in [2.24, 2.45) is 0 Å². The van der Waals surface area contributed by atoms with Crippen molar-refractivity contribution in [3.8, 4) is 0 Å². The summed E-state index contributed by atoms with van der Waals surface area (Å²) in [7, 11) is -3.18. The van der Waals surface area contributed by atoms with Crippen LogP contribution in [-0.2, 0) is 30.9 Å². The molecule has 3 rings (SSSR count). The summed E-state index contributed by atoms with van der Waals surface area (Å²) in [6, 6.07) is 3.76. The highest BCUT2D eigenvalue weighted by molar-refractivity contribution is 7.89. The lowest BCUT2D eigenvalue weighted by atomic mass is 10.1. The number of carbonyl (C=O) groups is 1. The predicted molar refractivity (Wildman–Crippen MR) is 95.4 cm³/mol. The first-order valence-electron chi connectivity index (χ1n) is 8.98. The minimum atomic E-state index is -5.08. The Morgan fingerprint density at radius 1 is 1.41 bits per heavy atom. The number of sulfonamides is 1. The molecule has 1 aromatic rings. The molecule has 1 saturated carbocycles. The quantitative estimate of drug-likeness (QED) is 0.744. The van der Waals surface area contributed by atoms with Gasteiger partial charge in [-0.15, -0.1) is 0 Å². The maximum absolute atomic E-state index is 12.2. The monoisotopic (exact) mass is 440 g/mol. The van der Waals surface area contributed by atoms with Crippen molar-refractivity contribution in [1.82, 2.24) is 9.29 Å². The molecule has 1 aliphatic carbocycles. The zero-order valence-electron chi connectivity index (χ0n) is 15.7. The second kappa shape index (κ2) is 9.83. The van der Waals surface area contributed by atoms with Crippen LogP contribution < -0.4 is 0 Å². The zero-order chi connectivity index (χ0) is 21.7. The number of aromatic nitrogens is 1. The first kappa shape index (κ1) is 23.5. The summed E-state index contributed by atoms with van der Waals surface area (Å²) in [5.74, 6) is -2.62. The van der Waals surface area contributed by atoms with Crippen LogP contribution in [0.2, 0.25) is 0 Å².